The largest absolute Gasteiger partial charge is 0.371 e. The molecule has 0 bridgehead atoms. The van der Waals surface area contributed by atoms with Gasteiger partial charge >= 0.3 is 0 Å². The lowest BCUT2D eigenvalue weighted by Gasteiger charge is -2.24. The highest BCUT2D eigenvalue weighted by Gasteiger charge is 2.26. The first kappa shape index (κ1) is 10.8. The van der Waals surface area contributed by atoms with Gasteiger partial charge in [-0.15, -0.1) is 0 Å². The average Bonchev–Trinajstić information content (AvgIpc) is 3.14. The van der Waals surface area contributed by atoms with Crippen LogP contribution in [0.1, 0.15) is 36.0 Å². The van der Waals surface area contributed by atoms with E-state index in [1.165, 1.54) is 28.4 Å². The quantitative estimate of drug-likeness (QED) is 0.900. The van der Waals surface area contributed by atoms with Crippen LogP contribution in [0.3, 0.4) is 0 Å². The van der Waals surface area contributed by atoms with Gasteiger partial charge in [0.2, 0.25) is 0 Å². The molecule has 1 heterocycles. The molecule has 0 aromatic heterocycles. The molecule has 1 saturated heterocycles. The van der Waals surface area contributed by atoms with Crippen molar-refractivity contribution in [3.63, 3.8) is 0 Å². The number of morpholine rings is 1. The van der Waals surface area contributed by atoms with E-state index in [2.05, 4.69) is 39.4 Å². The molecule has 1 saturated carbocycles. The molecule has 0 amide bonds. The van der Waals surface area contributed by atoms with Crippen LogP contribution in [0.5, 0.6) is 0 Å². The number of rotatable bonds is 2. The van der Waals surface area contributed by atoms with Crippen LogP contribution in [-0.2, 0) is 4.74 Å². The summed E-state index contributed by atoms with van der Waals surface area (Å²) in [7, 11) is 0. The summed E-state index contributed by atoms with van der Waals surface area (Å²) in [6.45, 7) is 2.71. The molecule has 1 aromatic rings. The molecule has 0 radical (unpaired) electrons. The molecule has 1 aliphatic carbocycles. The number of halogens is 1. The van der Waals surface area contributed by atoms with Crippen molar-refractivity contribution in [2.45, 2.75) is 24.9 Å². The Morgan fingerprint density at radius 1 is 1.31 bits per heavy atom. The van der Waals surface area contributed by atoms with Crippen LogP contribution in [-0.4, -0.2) is 19.7 Å². The normalized spacial score (nSPS) is 25.7. The highest BCUT2D eigenvalue weighted by molar-refractivity contribution is 9.10. The molecule has 3 rings (SSSR count). The van der Waals surface area contributed by atoms with Crippen molar-refractivity contribution in [2.75, 3.05) is 19.7 Å². The molecule has 0 spiro atoms. The molecule has 2 nitrogen and oxygen atoms in total. The molecule has 1 N–H and O–H groups in total. The highest BCUT2D eigenvalue weighted by atomic mass is 79.9. The number of nitrogens with one attached hydrogen (secondary N) is 1. The zero-order valence-corrected chi connectivity index (χ0v) is 10.8. The van der Waals surface area contributed by atoms with Crippen molar-refractivity contribution in [1.29, 1.82) is 0 Å². The Balaban J connectivity index is 1.81. The van der Waals surface area contributed by atoms with Crippen LogP contribution in [0.25, 0.3) is 0 Å². The average molecular weight is 282 g/mol. The zero-order valence-electron chi connectivity index (χ0n) is 9.21. The number of benzene rings is 1. The van der Waals surface area contributed by atoms with Crippen LogP contribution in [0.2, 0.25) is 0 Å². The standard InChI is InChI=1S/C13H16BrNO/c14-12-7-10(13-8-15-5-6-16-13)3-4-11(12)9-1-2-9/h3-4,7,9,13,15H,1-2,5-6,8H2. The predicted molar refractivity (Wildman–Crippen MR) is 67.7 cm³/mol. The number of ether oxygens (including phenoxy) is 1. The molecule has 1 unspecified atom stereocenters. The zero-order chi connectivity index (χ0) is 11.0. The van der Waals surface area contributed by atoms with E-state index < -0.39 is 0 Å². The van der Waals surface area contributed by atoms with Gasteiger partial charge in [0.25, 0.3) is 0 Å². The van der Waals surface area contributed by atoms with Gasteiger partial charge in [-0.2, -0.15) is 0 Å². The van der Waals surface area contributed by atoms with E-state index >= 15 is 0 Å². The Labute approximate surface area is 105 Å². The van der Waals surface area contributed by atoms with Crippen molar-refractivity contribution >= 4 is 15.9 Å². The summed E-state index contributed by atoms with van der Waals surface area (Å²) >= 11 is 3.68. The van der Waals surface area contributed by atoms with Crippen LogP contribution < -0.4 is 5.32 Å². The summed E-state index contributed by atoms with van der Waals surface area (Å²) in [5.41, 5.74) is 2.75. The first-order chi connectivity index (χ1) is 7.84. The van der Waals surface area contributed by atoms with E-state index in [4.69, 9.17) is 4.74 Å². The van der Waals surface area contributed by atoms with Gasteiger partial charge in [0.05, 0.1) is 12.7 Å². The predicted octanol–water partition coefficient (Wildman–Crippen LogP) is 2.99. The third-order valence-corrected chi connectivity index (χ3v) is 4.03. The van der Waals surface area contributed by atoms with Crippen molar-refractivity contribution in [2.24, 2.45) is 0 Å². The van der Waals surface area contributed by atoms with Crippen molar-refractivity contribution in [3.8, 4) is 0 Å². The van der Waals surface area contributed by atoms with Crippen molar-refractivity contribution in [3.05, 3.63) is 33.8 Å². The molecule has 1 atom stereocenters. The van der Waals surface area contributed by atoms with E-state index in [-0.39, 0.29) is 6.10 Å². The van der Waals surface area contributed by atoms with Gasteiger partial charge in [-0.05, 0) is 36.0 Å². The molecule has 1 aliphatic heterocycles. The summed E-state index contributed by atoms with van der Waals surface area (Å²) in [5, 5.41) is 3.36. The van der Waals surface area contributed by atoms with Gasteiger partial charge in [-0.25, -0.2) is 0 Å². The molecule has 2 aliphatic rings. The van der Waals surface area contributed by atoms with Crippen LogP contribution in [0.4, 0.5) is 0 Å². The summed E-state index contributed by atoms with van der Waals surface area (Å²) in [6.07, 6.45) is 2.91. The lowest BCUT2D eigenvalue weighted by atomic mass is 10.0. The molecule has 3 heteroatoms. The Hall–Kier alpha value is -0.380. The maximum Gasteiger partial charge on any atom is 0.0950 e. The summed E-state index contributed by atoms with van der Waals surface area (Å²) in [4.78, 5) is 0. The highest BCUT2D eigenvalue weighted by Crippen LogP contribution is 2.43. The SMILES string of the molecule is Brc1cc(C2CNCCO2)ccc1C1CC1. The monoisotopic (exact) mass is 281 g/mol. The summed E-state index contributed by atoms with van der Waals surface area (Å²) < 4.78 is 7.00. The minimum atomic E-state index is 0.221. The first-order valence-electron chi connectivity index (χ1n) is 5.96. The van der Waals surface area contributed by atoms with E-state index in [1.807, 2.05) is 0 Å². The second-order valence-corrected chi connectivity index (χ2v) is 5.47. The lowest BCUT2D eigenvalue weighted by Crippen LogP contribution is -2.33. The minimum Gasteiger partial charge on any atom is -0.371 e. The Bertz CT molecular complexity index is 384. The molecule has 1 aromatic carbocycles. The van der Waals surface area contributed by atoms with E-state index in [1.54, 1.807) is 0 Å². The van der Waals surface area contributed by atoms with Crippen LogP contribution >= 0.6 is 15.9 Å². The fourth-order valence-electron chi connectivity index (χ4n) is 2.25. The van der Waals surface area contributed by atoms with E-state index in [0.717, 1.165) is 25.6 Å². The Morgan fingerprint density at radius 2 is 2.19 bits per heavy atom. The van der Waals surface area contributed by atoms with Gasteiger partial charge in [0, 0.05) is 17.6 Å². The molecular weight excluding hydrogens is 266 g/mol. The third-order valence-electron chi connectivity index (χ3n) is 3.34. The summed E-state index contributed by atoms with van der Waals surface area (Å²) in [6, 6.07) is 6.70. The fourth-order valence-corrected chi connectivity index (χ4v) is 2.97. The van der Waals surface area contributed by atoms with Gasteiger partial charge in [-0.1, -0.05) is 28.1 Å². The minimum absolute atomic E-state index is 0.221. The second-order valence-electron chi connectivity index (χ2n) is 4.62. The van der Waals surface area contributed by atoms with Gasteiger partial charge in [-0.3, -0.25) is 0 Å². The summed E-state index contributed by atoms with van der Waals surface area (Å²) in [5.74, 6) is 0.800. The Kier molecular flexibility index (Phi) is 3.01. The smallest absolute Gasteiger partial charge is 0.0950 e. The van der Waals surface area contributed by atoms with Gasteiger partial charge in [0.15, 0.2) is 0 Å². The van der Waals surface area contributed by atoms with Gasteiger partial charge < -0.3 is 10.1 Å². The van der Waals surface area contributed by atoms with Crippen LogP contribution in [0, 0.1) is 0 Å². The number of hydrogen-bond acceptors (Lipinski definition) is 2. The van der Waals surface area contributed by atoms with E-state index in [0.29, 0.717) is 0 Å². The molecule has 86 valence electrons. The lowest BCUT2D eigenvalue weighted by molar-refractivity contribution is 0.0276. The Morgan fingerprint density at radius 3 is 2.81 bits per heavy atom. The van der Waals surface area contributed by atoms with Gasteiger partial charge in [0.1, 0.15) is 0 Å². The topological polar surface area (TPSA) is 21.3 Å². The third kappa shape index (κ3) is 2.17. The molecular formula is C13H16BrNO. The second kappa shape index (κ2) is 4.47. The van der Waals surface area contributed by atoms with E-state index in [9.17, 15) is 0 Å². The van der Waals surface area contributed by atoms with Crippen molar-refractivity contribution < 1.29 is 4.74 Å². The molecule has 16 heavy (non-hydrogen) atoms. The first-order valence-corrected chi connectivity index (χ1v) is 6.75. The maximum absolute atomic E-state index is 5.75. The maximum atomic E-state index is 5.75. The number of hydrogen-bond donors (Lipinski definition) is 1. The van der Waals surface area contributed by atoms with Crippen molar-refractivity contribution in [1.82, 2.24) is 5.32 Å². The van der Waals surface area contributed by atoms with Crippen LogP contribution in [0.15, 0.2) is 22.7 Å². The molecule has 2 fully saturated rings. The fraction of sp³-hybridized carbons (Fsp3) is 0.538.